The minimum absolute atomic E-state index is 0.166. The lowest BCUT2D eigenvalue weighted by Crippen LogP contribution is -2.25. The second kappa shape index (κ2) is 9.60. The first-order valence-electron chi connectivity index (χ1n) is 10.8. The van der Waals surface area contributed by atoms with Crippen molar-refractivity contribution in [2.75, 3.05) is 11.9 Å². The maximum Gasteiger partial charge on any atom is 0.252 e. The Hall–Kier alpha value is -4.07. The van der Waals surface area contributed by atoms with Crippen molar-refractivity contribution in [3.63, 3.8) is 0 Å². The average molecular weight is 443 g/mol. The van der Waals surface area contributed by atoms with E-state index < -0.39 is 0 Å². The van der Waals surface area contributed by atoms with Gasteiger partial charge in [0.2, 0.25) is 5.91 Å². The average Bonchev–Trinajstić information content (AvgIpc) is 3.20. The van der Waals surface area contributed by atoms with Crippen molar-refractivity contribution in [1.82, 2.24) is 24.9 Å². The van der Waals surface area contributed by atoms with Gasteiger partial charge >= 0.3 is 0 Å². The molecule has 1 atom stereocenters. The van der Waals surface area contributed by atoms with Gasteiger partial charge in [0.25, 0.3) is 5.91 Å². The van der Waals surface area contributed by atoms with E-state index >= 15 is 0 Å². The van der Waals surface area contributed by atoms with Crippen LogP contribution in [0.5, 0.6) is 0 Å². The van der Waals surface area contributed by atoms with Crippen LogP contribution in [0.15, 0.2) is 60.9 Å². The van der Waals surface area contributed by atoms with Crippen molar-refractivity contribution in [3.8, 4) is 11.3 Å². The Morgan fingerprint density at radius 2 is 1.91 bits per heavy atom. The standard InChI is InChI=1S/C25H26N6O2/c1-16(19-7-5-4-6-8-19)11-12-26-25(33)20-13-21(17(2)27-14-20)22-9-10-24-29-23(28-18(3)32)15-31(24)30-22/h4-10,13-16H,11-12H2,1-3H3,(H,26,33)(H,28,32). The van der Waals surface area contributed by atoms with E-state index in [1.165, 1.54) is 12.5 Å². The zero-order valence-electron chi connectivity index (χ0n) is 18.9. The summed E-state index contributed by atoms with van der Waals surface area (Å²) in [6, 6.07) is 15.7. The lowest BCUT2D eigenvalue weighted by atomic mass is 9.98. The highest BCUT2D eigenvalue weighted by atomic mass is 16.2. The van der Waals surface area contributed by atoms with E-state index in [1.54, 1.807) is 23.0 Å². The molecule has 4 aromatic rings. The summed E-state index contributed by atoms with van der Waals surface area (Å²) in [6.45, 7) is 6.03. The van der Waals surface area contributed by atoms with E-state index in [4.69, 9.17) is 0 Å². The van der Waals surface area contributed by atoms with Gasteiger partial charge in [-0.25, -0.2) is 9.50 Å². The van der Waals surface area contributed by atoms with Crippen LogP contribution in [0.4, 0.5) is 5.82 Å². The van der Waals surface area contributed by atoms with Crippen LogP contribution in [-0.2, 0) is 4.79 Å². The van der Waals surface area contributed by atoms with Crippen molar-refractivity contribution in [2.45, 2.75) is 33.1 Å². The molecule has 0 saturated carbocycles. The third-order valence-corrected chi connectivity index (χ3v) is 5.48. The highest BCUT2D eigenvalue weighted by Crippen LogP contribution is 2.22. The molecule has 1 aromatic carbocycles. The predicted octanol–water partition coefficient (Wildman–Crippen LogP) is 3.98. The molecule has 0 aliphatic heterocycles. The summed E-state index contributed by atoms with van der Waals surface area (Å²) in [5.74, 6) is 0.419. The number of aryl methyl sites for hydroxylation is 1. The van der Waals surface area contributed by atoms with Crippen LogP contribution in [0.25, 0.3) is 16.9 Å². The van der Waals surface area contributed by atoms with Gasteiger partial charge in [-0.1, -0.05) is 37.3 Å². The molecule has 0 saturated heterocycles. The molecule has 2 amide bonds. The largest absolute Gasteiger partial charge is 0.352 e. The third kappa shape index (κ3) is 5.23. The Morgan fingerprint density at radius 3 is 2.67 bits per heavy atom. The number of hydrogen-bond donors (Lipinski definition) is 2. The number of hydrogen-bond acceptors (Lipinski definition) is 5. The summed E-state index contributed by atoms with van der Waals surface area (Å²) in [4.78, 5) is 32.8. The Balaban J connectivity index is 1.48. The first-order chi connectivity index (χ1) is 15.9. The molecule has 0 bridgehead atoms. The summed E-state index contributed by atoms with van der Waals surface area (Å²) in [5, 5.41) is 10.2. The van der Waals surface area contributed by atoms with E-state index in [1.807, 2.05) is 37.3 Å². The summed E-state index contributed by atoms with van der Waals surface area (Å²) in [6.07, 6.45) is 4.07. The monoisotopic (exact) mass is 442 g/mol. The molecule has 0 radical (unpaired) electrons. The summed E-state index contributed by atoms with van der Waals surface area (Å²) < 4.78 is 1.60. The van der Waals surface area contributed by atoms with E-state index in [9.17, 15) is 9.59 Å². The van der Waals surface area contributed by atoms with E-state index in [-0.39, 0.29) is 11.8 Å². The first kappa shape index (κ1) is 22.1. The van der Waals surface area contributed by atoms with Gasteiger partial charge in [-0.3, -0.25) is 14.6 Å². The van der Waals surface area contributed by atoms with Crippen molar-refractivity contribution >= 4 is 23.3 Å². The molecule has 4 rings (SSSR count). The van der Waals surface area contributed by atoms with Gasteiger partial charge in [0, 0.05) is 30.9 Å². The van der Waals surface area contributed by atoms with Crippen LogP contribution in [0, 0.1) is 6.92 Å². The second-order valence-electron chi connectivity index (χ2n) is 8.04. The van der Waals surface area contributed by atoms with E-state index in [0.29, 0.717) is 35.2 Å². The van der Waals surface area contributed by atoms with Crippen molar-refractivity contribution in [3.05, 3.63) is 77.7 Å². The van der Waals surface area contributed by atoms with E-state index in [2.05, 4.69) is 44.8 Å². The number of carbonyl (C=O) groups is 2. The number of pyridine rings is 1. The number of benzene rings is 1. The number of nitrogens with one attached hydrogen (secondary N) is 2. The number of imidazole rings is 1. The van der Waals surface area contributed by atoms with Gasteiger partial charge in [-0.05, 0) is 43.0 Å². The maximum absolute atomic E-state index is 12.7. The highest BCUT2D eigenvalue weighted by molar-refractivity contribution is 5.95. The number of rotatable bonds is 7. The highest BCUT2D eigenvalue weighted by Gasteiger charge is 2.14. The zero-order chi connectivity index (χ0) is 23.4. The second-order valence-corrected chi connectivity index (χ2v) is 8.04. The van der Waals surface area contributed by atoms with Crippen molar-refractivity contribution in [2.24, 2.45) is 0 Å². The number of nitrogens with zero attached hydrogens (tertiary/aromatic N) is 4. The molecule has 3 aromatic heterocycles. The SMILES string of the molecule is CC(=O)Nc1cn2nc(-c3cc(C(=O)NCCC(C)c4ccccc4)cnc3C)ccc2n1. The fourth-order valence-electron chi connectivity index (χ4n) is 3.64. The molecule has 33 heavy (non-hydrogen) atoms. The molecular formula is C25H26N6O2. The molecule has 0 aliphatic rings. The minimum atomic E-state index is -0.199. The molecule has 0 spiro atoms. The zero-order valence-corrected chi connectivity index (χ0v) is 18.9. The first-order valence-corrected chi connectivity index (χ1v) is 10.8. The number of anilines is 1. The lowest BCUT2D eigenvalue weighted by molar-refractivity contribution is -0.114. The Morgan fingerprint density at radius 1 is 1.12 bits per heavy atom. The maximum atomic E-state index is 12.7. The fraction of sp³-hybridized carbons (Fsp3) is 0.240. The Bertz CT molecular complexity index is 1300. The van der Waals surface area contributed by atoms with Crippen LogP contribution in [-0.4, -0.2) is 37.9 Å². The van der Waals surface area contributed by atoms with Crippen molar-refractivity contribution in [1.29, 1.82) is 0 Å². The Kier molecular flexibility index (Phi) is 6.44. The molecule has 0 fully saturated rings. The molecular weight excluding hydrogens is 416 g/mol. The van der Waals surface area contributed by atoms with Gasteiger partial charge in [0.1, 0.15) is 0 Å². The number of carbonyl (C=O) groups excluding carboxylic acids is 2. The van der Waals surface area contributed by atoms with Crippen molar-refractivity contribution < 1.29 is 9.59 Å². The summed E-state index contributed by atoms with van der Waals surface area (Å²) in [5.41, 5.74) is 4.53. The molecule has 168 valence electrons. The number of aromatic nitrogens is 4. The third-order valence-electron chi connectivity index (χ3n) is 5.48. The normalized spacial score (nSPS) is 11.8. The molecule has 8 heteroatoms. The summed E-state index contributed by atoms with van der Waals surface area (Å²) in [7, 11) is 0. The van der Waals surface area contributed by atoms with Gasteiger partial charge in [-0.2, -0.15) is 5.10 Å². The topological polar surface area (TPSA) is 101 Å². The van der Waals surface area contributed by atoms with Gasteiger partial charge < -0.3 is 10.6 Å². The van der Waals surface area contributed by atoms with Gasteiger partial charge in [0.05, 0.1) is 17.5 Å². The summed E-state index contributed by atoms with van der Waals surface area (Å²) >= 11 is 0. The molecule has 1 unspecified atom stereocenters. The van der Waals surface area contributed by atoms with Crippen LogP contribution in [0.3, 0.4) is 0 Å². The van der Waals surface area contributed by atoms with Crippen LogP contribution in [0.1, 0.15) is 47.8 Å². The van der Waals surface area contributed by atoms with Crippen LogP contribution < -0.4 is 10.6 Å². The fourth-order valence-corrected chi connectivity index (χ4v) is 3.64. The minimum Gasteiger partial charge on any atom is -0.352 e. The predicted molar refractivity (Wildman–Crippen MR) is 127 cm³/mol. The van der Waals surface area contributed by atoms with Crippen LogP contribution >= 0.6 is 0 Å². The molecule has 0 aliphatic carbocycles. The smallest absolute Gasteiger partial charge is 0.252 e. The number of fused-ring (bicyclic) bond motifs is 1. The Labute approximate surface area is 192 Å². The van der Waals surface area contributed by atoms with Gasteiger partial charge in [0.15, 0.2) is 11.5 Å². The molecule has 2 N–H and O–H groups in total. The van der Waals surface area contributed by atoms with Gasteiger partial charge in [-0.15, -0.1) is 0 Å². The quantitative estimate of drug-likeness (QED) is 0.451. The number of amides is 2. The lowest BCUT2D eigenvalue weighted by Gasteiger charge is -2.13. The molecule has 3 heterocycles. The molecule has 8 nitrogen and oxygen atoms in total. The van der Waals surface area contributed by atoms with Crippen LogP contribution in [0.2, 0.25) is 0 Å². The van der Waals surface area contributed by atoms with E-state index in [0.717, 1.165) is 17.7 Å².